The van der Waals surface area contributed by atoms with Gasteiger partial charge in [-0.3, -0.25) is 29.3 Å². The molecule has 4 aliphatic heterocycles. The Hall–Kier alpha value is -5.61. The number of esters is 1. The van der Waals surface area contributed by atoms with Crippen LogP contribution in [0, 0.1) is 30.6 Å². The number of carbonyl (C=O) groups excluding carboxylic acids is 3. The van der Waals surface area contributed by atoms with Crippen molar-refractivity contribution in [2.75, 3.05) is 32.1 Å². The van der Waals surface area contributed by atoms with Crippen molar-refractivity contribution in [3.63, 3.8) is 0 Å². The molecule has 5 N–H and O–H groups in total. The summed E-state index contributed by atoms with van der Waals surface area (Å²) in [6.07, 6.45) is 5.20. The zero-order valence-corrected chi connectivity index (χ0v) is 38.6. The Morgan fingerprint density at radius 3 is 2.29 bits per heavy atom. The number of anilines is 1. The number of hydrogen-bond donors (Lipinski definition) is 5. The van der Waals surface area contributed by atoms with E-state index in [9.17, 15) is 34.8 Å². The predicted molar refractivity (Wildman–Crippen MR) is 243 cm³/mol. The molecule has 15 nitrogen and oxygen atoms in total. The van der Waals surface area contributed by atoms with Crippen LogP contribution in [-0.2, 0) is 30.3 Å². The number of allylic oxidation sites excluding steroid dienone is 2. The number of phenols is 2. The van der Waals surface area contributed by atoms with Crippen LogP contribution in [-0.4, -0.2) is 105 Å². The normalized spacial score (nSPS) is 31.4. The summed E-state index contributed by atoms with van der Waals surface area (Å²) in [5.74, 6) is -6.98. The largest absolute Gasteiger partial charge is 0.507 e. The van der Waals surface area contributed by atoms with Gasteiger partial charge in [0, 0.05) is 80.8 Å². The summed E-state index contributed by atoms with van der Waals surface area (Å²) in [7, 11) is 1.47. The Bertz CT molecular complexity index is 2570. The number of aromatic hydroxyl groups is 2. The highest BCUT2D eigenvalue weighted by molar-refractivity contribution is 6.19. The Labute approximate surface area is 379 Å². The number of methoxy groups -OCH3 is 1. The van der Waals surface area contributed by atoms with Gasteiger partial charge in [0.2, 0.25) is 0 Å². The molecule has 9 atom stereocenters. The number of likely N-dealkylation sites (tertiary alicyclic amines) is 1. The molecular weight excluding hydrogens is 833 g/mol. The molecule has 1 saturated heterocycles. The first-order valence-corrected chi connectivity index (χ1v) is 22.4. The Kier molecular flexibility index (Phi) is 13.6. The molecule has 0 aromatic heterocycles. The van der Waals surface area contributed by atoms with Gasteiger partial charge in [0.05, 0.1) is 53.0 Å². The first kappa shape index (κ1) is 47.4. The second-order valence-electron chi connectivity index (χ2n) is 18.5. The number of hydrogen-bond acceptors (Lipinski definition) is 14. The summed E-state index contributed by atoms with van der Waals surface area (Å²) in [5, 5.41) is 50.4. The molecule has 4 aliphatic rings. The van der Waals surface area contributed by atoms with Crippen molar-refractivity contribution >= 4 is 34.1 Å². The fourth-order valence-electron chi connectivity index (χ4n) is 9.71. The van der Waals surface area contributed by atoms with Crippen molar-refractivity contribution in [3.05, 3.63) is 93.9 Å². The van der Waals surface area contributed by atoms with Gasteiger partial charge in [0.15, 0.2) is 5.75 Å². The van der Waals surface area contributed by atoms with E-state index in [0.717, 1.165) is 19.6 Å². The number of fused-ring (bicyclic) bond motifs is 1. The quantitative estimate of drug-likeness (QED) is 0.166. The number of nitrogens with zero attached hydrogens (tertiary/aromatic N) is 3. The number of ketones is 1. The SMILES string of the molecule is CO[C@H]1/C=C\O[C@@]2(C)Oc3c(C)c(O)c4c(O)c(c5c(c4c3C2=O)=NC2(CCN(Cc3ccccc3)CC2)CN=5)NC(=O)/C(C)=C/C=C\[C@H](C)[C@H](O)[C@@H](C)[C@@H](O)[C@@H](C)[C@@H](OC(C)=O)C1C. The number of ether oxygens (including phenoxy) is 4. The number of carbonyl (C=O) groups is 3. The van der Waals surface area contributed by atoms with Crippen molar-refractivity contribution in [3.8, 4) is 17.2 Å². The van der Waals surface area contributed by atoms with Crippen molar-refractivity contribution in [1.82, 2.24) is 4.90 Å². The average molecular weight is 895 g/mol. The van der Waals surface area contributed by atoms with Gasteiger partial charge in [-0.05, 0) is 38.3 Å². The van der Waals surface area contributed by atoms with Crippen LogP contribution in [0.3, 0.4) is 0 Å². The highest BCUT2D eigenvalue weighted by Crippen LogP contribution is 2.49. The highest BCUT2D eigenvalue weighted by atomic mass is 16.7. The molecule has 4 heterocycles. The van der Waals surface area contributed by atoms with E-state index in [1.54, 1.807) is 65.8 Å². The maximum Gasteiger partial charge on any atom is 0.312 e. The lowest BCUT2D eigenvalue weighted by molar-refractivity contribution is -0.160. The first-order chi connectivity index (χ1) is 30.8. The number of piperidine rings is 1. The van der Waals surface area contributed by atoms with Crippen molar-refractivity contribution in [2.45, 2.75) is 111 Å². The van der Waals surface area contributed by atoms with Gasteiger partial charge < -0.3 is 44.7 Å². The fraction of sp³-hybridized carbons (Fsp3) is 0.500. The van der Waals surface area contributed by atoms with Crippen molar-refractivity contribution < 1.29 is 53.8 Å². The topological polar surface area (TPSA) is 209 Å². The minimum absolute atomic E-state index is 0.0311. The fourth-order valence-corrected chi connectivity index (χ4v) is 9.71. The van der Waals surface area contributed by atoms with E-state index in [4.69, 9.17) is 28.9 Å². The molecule has 15 heteroatoms. The van der Waals surface area contributed by atoms with E-state index in [-0.39, 0.29) is 61.9 Å². The smallest absolute Gasteiger partial charge is 0.312 e. The molecule has 348 valence electrons. The lowest BCUT2D eigenvalue weighted by atomic mass is 9.78. The summed E-state index contributed by atoms with van der Waals surface area (Å²) in [4.78, 5) is 54.0. The zero-order chi connectivity index (χ0) is 47.1. The number of aliphatic hydroxyl groups excluding tert-OH is 2. The number of amides is 1. The zero-order valence-electron chi connectivity index (χ0n) is 38.6. The van der Waals surface area contributed by atoms with E-state index >= 15 is 0 Å². The Morgan fingerprint density at radius 2 is 1.63 bits per heavy atom. The van der Waals surface area contributed by atoms with Crippen LogP contribution in [0.2, 0.25) is 0 Å². The molecule has 0 aliphatic carbocycles. The van der Waals surface area contributed by atoms with E-state index < -0.39 is 82.8 Å². The maximum atomic E-state index is 14.9. The number of benzene rings is 3. The van der Waals surface area contributed by atoms with Gasteiger partial charge in [0.1, 0.15) is 28.6 Å². The van der Waals surface area contributed by atoms with E-state index in [1.165, 1.54) is 32.8 Å². The third-order valence-corrected chi connectivity index (χ3v) is 13.9. The Morgan fingerprint density at radius 1 is 0.938 bits per heavy atom. The molecule has 3 aromatic carbocycles. The van der Waals surface area contributed by atoms with Crippen LogP contribution >= 0.6 is 0 Å². The highest BCUT2D eigenvalue weighted by Gasteiger charge is 2.50. The molecule has 65 heavy (non-hydrogen) atoms. The average Bonchev–Trinajstić information content (AvgIpc) is 3.55. The maximum absolute atomic E-state index is 14.9. The van der Waals surface area contributed by atoms with Gasteiger partial charge in [0.25, 0.3) is 11.7 Å². The van der Waals surface area contributed by atoms with Gasteiger partial charge in [-0.2, -0.15) is 0 Å². The lowest BCUT2D eigenvalue weighted by Gasteiger charge is -2.39. The number of phenolic OH excluding ortho intramolecular Hbond substituents is 2. The second kappa shape index (κ2) is 18.7. The summed E-state index contributed by atoms with van der Waals surface area (Å²) in [6, 6.07) is 10.2. The molecule has 1 amide bonds. The summed E-state index contributed by atoms with van der Waals surface area (Å²) in [5.41, 5.74) is 0.869. The van der Waals surface area contributed by atoms with Gasteiger partial charge >= 0.3 is 11.8 Å². The van der Waals surface area contributed by atoms with Crippen LogP contribution in [0.25, 0.3) is 10.8 Å². The molecule has 0 radical (unpaired) electrons. The number of Topliss-reactive ketones (excluding diaryl/α,β-unsaturated/α-hetero) is 1. The van der Waals surface area contributed by atoms with Crippen LogP contribution in [0.4, 0.5) is 5.69 Å². The third kappa shape index (κ3) is 9.03. The second-order valence-corrected chi connectivity index (χ2v) is 18.5. The number of nitrogens with one attached hydrogen (secondary N) is 1. The van der Waals surface area contributed by atoms with Gasteiger partial charge in [-0.15, -0.1) is 0 Å². The first-order valence-electron chi connectivity index (χ1n) is 22.4. The molecule has 1 spiro atoms. The summed E-state index contributed by atoms with van der Waals surface area (Å²) < 4.78 is 24.1. The van der Waals surface area contributed by atoms with Crippen LogP contribution in [0.15, 0.2) is 76.5 Å². The van der Waals surface area contributed by atoms with Gasteiger partial charge in [-0.25, -0.2) is 0 Å². The molecular formula is C50H62N4O11. The van der Waals surface area contributed by atoms with Crippen molar-refractivity contribution in [1.29, 1.82) is 0 Å². The molecule has 7 rings (SSSR count). The third-order valence-electron chi connectivity index (χ3n) is 13.9. The van der Waals surface area contributed by atoms with E-state index in [1.807, 2.05) is 18.2 Å². The predicted octanol–water partition coefficient (Wildman–Crippen LogP) is 5.34. The molecule has 0 saturated carbocycles. The molecule has 1 unspecified atom stereocenters. The van der Waals surface area contributed by atoms with E-state index in [0.29, 0.717) is 12.8 Å². The molecule has 1 fully saturated rings. The van der Waals surface area contributed by atoms with Crippen LogP contribution in [0.5, 0.6) is 17.2 Å². The van der Waals surface area contributed by atoms with Crippen LogP contribution in [0.1, 0.15) is 82.8 Å². The minimum Gasteiger partial charge on any atom is -0.507 e. The summed E-state index contributed by atoms with van der Waals surface area (Å²) >= 11 is 0. The molecule has 4 bridgehead atoms. The van der Waals surface area contributed by atoms with Crippen LogP contribution < -0.4 is 20.8 Å². The Balaban J connectivity index is 1.38. The van der Waals surface area contributed by atoms with Gasteiger partial charge in [-0.1, -0.05) is 76.3 Å². The van der Waals surface area contributed by atoms with Crippen molar-refractivity contribution in [2.24, 2.45) is 33.7 Å². The molecule has 3 aromatic rings. The number of aliphatic hydroxyl groups is 2. The standard InChI is InChI=1S/C50H62N4O11/c1-26-14-13-15-27(2)48(61)52-40-39-38(53-50(25-51-39)19-21-54(22-20-50)24-33-16-11-10-12-17-33)35-36(44(40)59)43(58)31(6)46-37(35)47(60)49(8,65-46)63-23-18-34(62-9)28(3)45(64-32(7)55)30(5)42(57)29(4)41(26)56/h10-18,23,26,28-30,34,41-42,45,56-59H,19-22,24-25H2,1-9H3,(H,52,61)/b14-13-,23-18-,27-15+/t26-,28?,29+,30+,34-,41-,42+,45-,49-/m0/s1. The minimum atomic E-state index is -1.97. The lowest BCUT2D eigenvalue weighted by Crippen LogP contribution is -2.50. The van der Waals surface area contributed by atoms with E-state index in [2.05, 4.69) is 22.3 Å². The monoisotopic (exact) mass is 894 g/mol. The number of rotatable bonds is 4. The summed E-state index contributed by atoms with van der Waals surface area (Å²) in [6.45, 7) is 15.4.